The zero-order valence-electron chi connectivity index (χ0n) is 15.6. The van der Waals surface area contributed by atoms with Gasteiger partial charge in [0.1, 0.15) is 23.7 Å². The Morgan fingerprint density at radius 1 is 1.24 bits per heavy atom. The lowest BCUT2D eigenvalue weighted by Gasteiger charge is -2.22. The molecule has 2 aromatic rings. The van der Waals surface area contributed by atoms with E-state index in [1.807, 2.05) is 6.92 Å². The van der Waals surface area contributed by atoms with Gasteiger partial charge in [-0.3, -0.25) is 0 Å². The fraction of sp³-hybridized carbons (Fsp3) is 0.556. The topological polar surface area (TPSA) is 95.8 Å². The quantitative estimate of drug-likeness (QED) is 0.548. The highest BCUT2D eigenvalue weighted by Crippen LogP contribution is 2.23. The zero-order chi connectivity index (χ0) is 18.5. The van der Waals surface area contributed by atoms with Crippen LogP contribution in [0, 0.1) is 0 Å². The summed E-state index contributed by atoms with van der Waals surface area (Å²) in [6.45, 7) is 11.2. The van der Waals surface area contributed by atoms with Crippen molar-refractivity contribution in [1.82, 2.24) is 15.6 Å². The molecule has 1 unspecified atom stereocenters. The van der Waals surface area contributed by atoms with E-state index in [0.29, 0.717) is 30.7 Å². The third-order valence-electron chi connectivity index (χ3n) is 3.66. The summed E-state index contributed by atoms with van der Waals surface area (Å²) in [5.41, 5.74) is -1.22. The Hall–Kier alpha value is -2.28. The molecule has 0 aliphatic rings. The Morgan fingerprint density at radius 2 is 2.00 bits per heavy atom. The van der Waals surface area contributed by atoms with Gasteiger partial charge in [0.15, 0.2) is 5.96 Å². The molecule has 0 fully saturated rings. The number of aliphatic hydroxyl groups is 1. The highest BCUT2D eigenvalue weighted by Gasteiger charge is 2.26. The molecule has 0 saturated heterocycles. The summed E-state index contributed by atoms with van der Waals surface area (Å²) in [4.78, 5) is 8.73. The summed E-state index contributed by atoms with van der Waals surface area (Å²) < 4.78 is 11.0. The number of oxazole rings is 1. The van der Waals surface area contributed by atoms with E-state index in [9.17, 15) is 5.11 Å². The predicted octanol–water partition coefficient (Wildman–Crippen LogP) is 2.53. The number of guanidine groups is 1. The van der Waals surface area contributed by atoms with Gasteiger partial charge in [-0.05, 0) is 26.0 Å². The van der Waals surface area contributed by atoms with E-state index in [1.54, 1.807) is 31.5 Å². The number of nitrogens with one attached hydrogen (secondary N) is 2. The van der Waals surface area contributed by atoms with E-state index in [1.165, 1.54) is 0 Å². The second kappa shape index (κ2) is 7.74. The molecular formula is C18H28N4O3. The van der Waals surface area contributed by atoms with Crippen LogP contribution >= 0.6 is 0 Å². The van der Waals surface area contributed by atoms with Crippen molar-refractivity contribution < 1.29 is 13.9 Å². The van der Waals surface area contributed by atoms with E-state index < -0.39 is 5.60 Å². The average molecular weight is 348 g/mol. The monoisotopic (exact) mass is 348 g/mol. The molecule has 25 heavy (non-hydrogen) atoms. The minimum absolute atomic E-state index is 0.0839. The lowest BCUT2D eigenvalue weighted by molar-refractivity contribution is 0.0386. The molecule has 0 spiro atoms. The van der Waals surface area contributed by atoms with E-state index in [-0.39, 0.29) is 12.0 Å². The van der Waals surface area contributed by atoms with Crippen LogP contribution in [-0.2, 0) is 17.6 Å². The van der Waals surface area contributed by atoms with Crippen molar-refractivity contribution in [1.29, 1.82) is 0 Å². The first kappa shape index (κ1) is 19.1. The van der Waals surface area contributed by atoms with Gasteiger partial charge in [0.25, 0.3) is 0 Å². The SMILES string of the molecule is CCNC(=NCc1ncc(C(C)(C)C)o1)NCC(C)(O)c1ccco1. The van der Waals surface area contributed by atoms with Crippen LogP contribution in [0.3, 0.4) is 0 Å². The van der Waals surface area contributed by atoms with Crippen molar-refractivity contribution in [3.05, 3.63) is 42.0 Å². The summed E-state index contributed by atoms with van der Waals surface area (Å²) in [5.74, 6) is 2.46. The molecule has 138 valence electrons. The molecule has 0 bridgehead atoms. The number of nitrogens with zero attached hydrogens (tertiary/aromatic N) is 2. The van der Waals surface area contributed by atoms with Gasteiger partial charge < -0.3 is 24.6 Å². The first-order chi connectivity index (χ1) is 11.7. The fourth-order valence-electron chi connectivity index (χ4n) is 2.15. The number of furan rings is 1. The smallest absolute Gasteiger partial charge is 0.216 e. The summed E-state index contributed by atoms with van der Waals surface area (Å²) >= 11 is 0. The highest BCUT2D eigenvalue weighted by atomic mass is 16.4. The summed E-state index contributed by atoms with van der Waals surface area (Å²) in [7, 11) is 0. The standard InChI is InChI=1S/C18H28N4O3/c1-6-19-16(22-12-18(5,23)13-8-7-9-24-13)21-11-15-20-10-14(25-15)17(2,3)4/h7-10,23H,6,11-12H2,1-5H3,(H2,19,21,22). The van der Waals surface area contributed by atoms with Gasteiger partial charge in [-0.2, -0.15) is 0 Å². The minimum Gasteiger partial charge on any atom is -0.466 e. The first-order valence-corrected chi connectivity index (χ1v) is 8.46. The van der Waals surface area contributed by atoms with Crippen LogP contribution in [0.4, 0.5) is 0 Å². The Bertz CT molecular complexity index is 681. The van der Waals surface area contributed by atoms with Crippen LogP contribution < -0.4 is 10.6 Å². The number of aromatic nitrogens is 1. The van der Waals surface area contributed by atoms with Crippen LogP contribution in [-0.4, -0.2) is 29.1 Å². The molecular weight excluding hydrogens is 320 g/mol. The van der Waals surface area contributed by atoms with Gasteiger partial charge in [0.05, 0.1) is 19.0 Å². The Labute approximate surface area is 148 Å². The van der Waals surface area contributed by atoms with E-state index in [0.717, 1.165) is 5.76 Å². The van der Waals surface area contributed by atoms with Crippen molar-refractivity contribution in [2.45, 2.75) is 52.2 Å². The average Bonchev–Trinajstić information content (AvgIpc) is 3.20. The third kappa shape index (κ3) is 5.35. The lowest BCUT2D eigenvalue weighted by Crippen LogP contribution is -2.44. The van der Waals surface area contributed by atoms with Gasteiger partial charge >= 0.3 is 0 Å². The number of hydrogen-bond donors (Lipinski definition) is 3. The normalized spacial score (nSPS) is 15.0. The maximum atomic E-state index is 10.5. The highest BCUT2D eigenvalue weighted by molar-refractivity contribution is 5.79. The van der Waals surface area contributed by atoms with Crippen molar-refractivity contribution >= 4 is 5.96 Å². The van der Waals surface area contributed by atoms with Crippen LogP contribution in [0.5, 0.6) is 0 Å². The van der Waals surface area contributed by atoms with Crippen LogP contribution in [0.25, 0.3) is 0 Å². The van der Waals surface area contributed by atoms with Crippen molar-refractivity contribution in [2.24, 2.45) is 4.99 Å². The summed E-state index contributed by atoms with van der Waals surface area (Å²) in [6, 6.07) is 3.49. The molecule has 1 atom stereocenters. The maximum Gasteiger partial charge on any atom is 0.216 e. The van der Waals surface area contributed by atoms with Gasteiger partial charge in [0.2, 0.25) is 5.89 Å². The van der Waals surface area contributed by atoms with E-state index in [2.05, 4.69) is 41.4 Å². The van der Waals surface area contributed by atoms with Gasteiger partial charge in [-0.15, -0.1) is 0 Å². The van der Waals surface area contributed by atoms with Gasteiger partial charge in [-0.25, -0.2) is 9.98 Å². The lowest BCUT2D eigenvalue weighted by atomic mass is 9.94. The Morgan fingerprint density at radius 3 is 2.56 bits per heavy atom. The molecule has 0 aliphatic heterocycles. The zero-order valence-corrected chi connectivity index (χ0v) is 15.6. The number of hydrogen-bond acceptors (Lipinski definition) is 5. The molecule has 2 aromatic heterocycles. The van der Waals surface area contributed by atoms with Gasteiger partial charge in [-0.1, -0.05) is 20.8 Å². The molecule has 0 radical (unpaired) electrons. The molecule has 7 heteroatoms. The van der Waals surface area contributed by atoms with Crippen LogP contribution in [0.2, 0.25) is 0 Å². The van der Waals surface area contributed by atoms with Crippen molar-refractivity contribution in [2.75, 3.05) is 13.1 Å². The first-order valence-electron chi connectivity index (χ1n) is 8.46. The Balaban J connectivity index is 2.00. The third-order valence-corrected chi connectivity index (χ3v) is 3.66. The molecule has 3 N–H and O–H groups in total. The second-order valence-corrected chi connectivity index (χ2v) is 7.17. The predicted molar refractivity (Wildman–Crippen MR) is 96.3 cm³/mol. The summed E-state index contributed by atoms with van der Waals surface area (Å²) in [5, 5.41) is 16.8. The van der Waals surface area contributed by atoms with E-state index in [4.69, 9.17) is 8.83 Å². The van der Waals surface area contributed by atoms with E-state index >= 15 is 0 Å². The molecule has 7 nitrogen and oxygen atoms in total. The van der Waals surface area contributed by atoms with Crippen molar-refractivity contribution in [3.8, 4) is 0 Å². The van der Waals surface area contributed by atoms with Crippen LogP contribution in [0.15, 0.2) is 38.4 Å². The fourth-order valence-corrected chi connectivity index (χ4v) is 2.15. The molecule has 0 aromatic carbocycles. The molecule has 0 aliphatic carbocycles. The number of aliphatic imine (C=N–C) groups is 1. The summed E-state index contributed by atoms with van der Waals surface area (Å²) in [6.07, 6.45) is 3.28. The minimum atomic E-state index is -1.14. The largest absolute Gasteiger partial charge is 0.466 e. The van der Waals surface area contributed by atoms with Crippen molar-refractivity contribution in [3.63, 3.8) is 0 Å². The van der Waals surface area contributed by atoms with Gasteiger partial charge in [0, 0.05) is 12.0 Å². The molecule has 0 saturated carbocycles. The Kier molecular flexibility index (Phi) is 5.89. The number of rotatable bonds is 6. The molecule has 2 rings (SSSR count). The maximum absolute atomic E-state index is 10.5. The molecule has 0 amide bonds. The van der Waals surface area contributed by atoms with Crippen LogP contribution in [0.1, 0.15) is 52.0 Å². The second-order valence-electron chi connectivity index (χ2n) is 7.17. The molecule has 2 heterocycles.